The van der Waals surface area contributed by atoms with Gasteiger partial charge in [0.15, 0.2) is 11.5 Å². The number of hydrogen-bond acceptors (Lipinski definition) is 4. The molecule has 0 unspecified atom stereocenters. The standard InChI is InChI=1S/C16H24O3.C3H9N.C2H6/c1-17-15-9-8-13(12-16(15)18-2)10-11-19-14-6-4-3-5-7-14;1-3-4-2;1-2/h8-9,12,14H,3-7,10-11H2,1-2H3;4H,3H2,1-2H3;1-2H3. The van der Waals surface area contributed by atoms with E-state index in [9.17, 15) is 0 Å². The van der Waals surface area contributed by atoms with E-state index in [0.717, 1.165) is 31.1 Å². The fourth-order valence-electron chi connectivity index (χ4n) is 2.61. The molecule has 4 heteroatoms. The number of nitrogens with one attached hydrogen (secondary N) is 1. The lowest BCUT2D eigenvalue weighted by atomic mass is 9.98. The van der Waals surface area contributed by atoms with Gasteiger partial charge in [-0.05, 0) is 50.6 Å². The molecule has 0 heterocycles. The minimum absolute atomic E-state index is 0.480. The summed E-state index contributed by atoms with van der Waals surface area (Å²) in [6.07, 6.45) is 7.88. The van der Waals surface area contributed by atoms with Gasteiger partial charge in [0.25, 0.3) is 0 Å². The molecule has 1 aromatic carbocycles. The van der Waals surface area contributed by atoms with Crippen LogP contribution in [0.25, 0.3) is 0 Å². The molecule has 146 valence electrons. The molecule has 0 spiro atoms. The summed E-state index contributed by atoms with van der Waals surface area (Å²) in [5.74, 6) is 1.57. The third kappa shape index (κ3) is 10.4. The van der Waals surface area contributed by atoms with E-state index >= 15 is 0 Å². The molecule has 1 aromatic rings. The molecule has 1 aliphatic carbocycles. The number of rotatable bonds is 7. The van der Waals surface area contributed by atoms with Crippen molar-refractivity contribution in [1.29, 1.82) is 0 Å². The molecule has 25 heavy (non-hydrogen) atoms. The maximum absolute atomic E-state index is 5.94. The third-order valence-corrected chi connectivity index (χ3v) is 4.10. The first-order valence-electron chi connectivity index (χ1n) is 9.72. The second kappa shape index (κ2) is 16.2. The highest BCUT2D eigenvalue weighted by Crippen LogP contribution is 2.28. The molecule has 4 nitrogen and oxygen atoms in total. The van der Waals surface area contributed by atoms with Crippen LogP contribution in [0.4, 0.5) is 0 Å². The Hall–Kier alpha value is -1.26. The van der Waals surface area contributed by atoms with Crippen LogP contribution in [-0.4, -0.2) is 40.5 Å². The van der Waals surface area contributed by atoms with Crippen molar-refractivity contribution in [2.75, 3.05) is 34.4 Å². The van der Waals surface area contributed by atoms with Gasteiger partial charge in [0.1, 0.15) is 0 Å². The van der Waals surface area contributed by atoms with Gasteiger partial charge in [-0.3, -0.25) is 0 Å². The Bertz CT molecular complexity index is 416. The van der Waals surface area contributed by atoms with E-state index < -0.39 is 0 Å². The normalized spacial score (nSPS) is 13.8. The topological polar surface area (TPSA) is 39.7 Å². The monoisotopic (exact) mass is 353 g/mol. The first-order chi connectivity index (χ1) is 12.2. The fraction of sp³-hybridized carbons (Fsp3) is 0.714. The van der Waals surface area contributed by atoms with Crippen LogP contribution in [0.1, 0.15) is 58.4 Å². The van der Waals surface area contributed by atoms with Gasteiger partial charge in [0.2, 0.25) is 0 Å². The van der Waals surface area contributed by atoms with Gasteiger partial charge >= 0.3 is 0 Å². The van der Waals surface area contributed by atoms with Gasteiger partial charge in [-0.2, -0.15) is 0 Å². The predicted molar refractivity (Wildman–Crippen MR) is 107 cm³/mol. The van der Waals surface area contributed by atoms with Gasteiger partial charge in [-0.25, -0.2) is 0 Å². The van der Waals surface area contributed by atoms with Crippen LogP contribution in [0.5, 0.6) is 11.5 Å². The minimum atomic E-state index is 0.480. The molecule has 0 saturated heterocycles. The first kappa shape index (κ1) is 23.7. The van der Waals surface area contributed by atoms with Crippen molar-refractivity contribution in [3.8, 4) is 11.5 Å². The van der Waals surface area contributed by atoms with E-state index in [-0.39, 0.29) is 0 Å². The molecule has 0 amide bonds. The van der Waals surface area contributed by atoms with Crippen LogP contribution in [0, 0.1) is 0 Å². The molecular formula is C21H39NO3. The largest absolute Gasteiger partial charge is 0.493 e. The van der Waals surface area contributed by atoms with Crippen molar-refractivity contribution in [3.63, 3.8) is 0 Å². The predicted octanol–water partition coefficient (Wildman–Crippen LogP) is 4.85. The van der Waals surface area contributed by atoms with Gasteiger partial charge in [0, 0.05) is 0 Å². The molecule has 1 N–H and O–H groups in total. The van der Waals surface area contributed by atoms with E-state index in [1.54, 1.807) is 14.2 Å². The Morgan fingerprint density at radius 1 is 1.00 bits per heavy atom. The Balaban J connectivity index is 0.000000845. The van der Waals surface area contributed by atoms with Crippen LogP contribution < -0.4 is 14.8 Å². The highest BCUT2D eigenvalue weighted by atomic mass is 16.5. The van der Waals surface area contributed by atoms with Crippen LogP contribution in [0.15, 0.2) is 18.2 Å². The summed E-state index contributed by atoms with van der Waals surface area (Å²) in [6, 6.07) is 6.06. The number of hydrogen-bond donors (Lipinski definition) is 1. The van der Waals surface area contributed by atoms with Crippen LogP contribution >= 0.6 is 0 Å². The molecule has 0 atom stereocenters. The second-order valence-corrected chi connectivity index (χ2v) is 5.78. The van der Waals surface area contributed by atoms with Crippen molar-refractivity contribution in [1.82, 2.24) is 5.32 Å². The smallest absolute Gasteiger partial charge is 0.160 e. The number of methoxy groups -OCH3 is 2. The van der Waals surface area contributed by atoms with Crippen molar-refractivity contribution >= 4 is 0 Å². The molecule has 0 aliphatic heterocycles. The lowest BCUT2D eigenvalue weighted by Crippen LogP contribution is -2.17. The fourth-order valence-corrected chi connectivity index (χ4v) is 2.61. The maximum Gasteiger partial charge on any atom is 0.160 e. The summed E-state index contributed by atoms with van der Waals surface area (Å²) in [6.45, 7) is 7.93. The molecule has 1 aliphatic rings. The summed E-state index contributed by atoms with van der Waals surface area (Å²) in [5.41, 5.74) is 1.23. The average Bonchev–Trinajstić information content (AvgIpc) is 2.70. The third-order valence-electron chi connectivity index (χ3n) is 4.10. The molecular weight excluding hydrogens is 314 g/mol. The Morgan fingerprint density at radius 3 is 2.12 bits per heavy atom. The first-order valence-corrected chi connectivity index (χ1v) is 9.72. The summed E-state index contributed by atoms with van der Waals surface area (Å²) in [5, 5.41) is 2.93. The number of benzene rings is 1. The lowest BCUT2D eigenvalue weighted by Gasteiger charge is -2.22. The summed E-state index contributed by atoms with van der Waals surface area (Å²) >= 11 is 0. The molecule has 0 aromatic heterocycles. The zero-order valence-corrected chi connectivity index (χ0v) is 17.2. The Labute approximate surface area is 155 Å². The van der Waals surface area contributed by atoms with Crippen molar-refractivity contribution < 1.29 is 14.2 Å². The van der Waals surface area contributed by atoms with Gasteiger partial charge in [-0.1, -0.05) is 46.1 Å². The van der Waals surface area contributed by atoms with E-state index in [2.05, 4.69) is 18.3 Å². The quantitative estimate of drug-likeness (QED) is 0.761. The lowest BCUT2D eigenvalue weighted by molar-refractivity contribution is 0.0303. The molecule has 0 radical (unpaired) electrons. The molecule has 0 bridgehead atoms. The zero-order valence-electron chi connectivity index (χ0n) is 17.2. The minimum Gasteiger partial charge on any atom is -0.493 e. The molecule has 2 rings (SSSR count). The van der Waals surface area contributed by atoms with Crippen LogP contribution in [-0.2, 0) is 11.2 Å². The molecule has 1 fully saturated rings. The van der Waals surface area contributed by atoms with E-state index in [0.29, 0.717) is 6.10 Å². The zero-order chi connectivity index (χ0) is 18.9. The summed E-state index contributed by atoms with van der Waals surface area (Å²) < 4.78 is 16.5. The van der Waals surface area contributed by atoms with Crippen LogP contribution in [0.2, 0.25) is 0 Å². The van der Waals surface area contributed by atoms with Gasteiger partial charge in [-0.15, -0.1) is 0 Å². The van der Waals surface area contributed by atoms with Crippen molar-refractivity contribution in [2.45, 2.75) is 65.4 Å². The van der Waals surface area contributed by atoms with Gasteiger partial charge in [0.05, 0.1) is 26.9 Å². The highest BCUT2D eigenvalue weighted by molar-refractivity contribution is 5.42. The van der Waals surface area contributed by atoms with E-state index in [1.165, 1.54) is 37.7 Å². The van der Waals surface area contributed by atoms with Crippen molar-refractivity contribution in [3.05, 3.63) is 23.8 Å². The number of ether oxygens (including phenoxy) is 3. The Morgan fingerprint density at radius 2 is 1.60 bits per heavy atom. The second-order valence-electron chi connectivity index (χ2n) is 5.78. The van der Waals surface area contributed by atoms with E-state index in [1.807, 2.05) is 33.0 Å². The maximum atomic E-state index is 5.94. The van der Waals surface area contributed by atoms with Crippen molar-refractivity contribution in [2.24, 2.45) is 0 Å². The van der Waals surface area contributed by atoms with Crippen LogP contribution in [0.3, 0.4) is 0 Å². The SMILES string of the molecule is CC.CCNC.COc1ccc(CCOC2CCCCC2)cc1OC. The summed E-state index contributed by atoms with van der Waals surface area (Å²) in [7, 11) is 5.25. The average molecular weight is 354 g/mol. The summed E-state index contributed by atoms with van der Waals surface area (Å²) in [4.78, 5) is 0. The van der Waals surface area contributed by atoms with Gasteiger partial charge < -0.3 is 19.5 Å². The highest BCUT2D eigenvalue weighted by Gasteiger charge is 2.13. The molecule has 1 saturated carbocycles. The van der Waals surface area contributed by atoms with E-state index in [4.69, 9.17) is 14.2 Å². The Kier molecular flexibility index (Phi) is 15.4.